The summed E-state index contributed by atoms with van der Waals surface area (Å²) in [6.45, 7) is 4.60. The first-order valence-corrected chi connectivity index (χ1v) is 9.77. The Morgan fingerprint density at radius 1 is 1.28 bits per heavy atom. The van der Waals surface area contributed by atoms with Gasteiger partial charge in [0.25, 0.3) is 10.2 Å². The van der Waals surface area contributed by atoms with Gasteiger partial charge >= 0.3 is 0 Å². The van der Waals surface area contributed by atoms with Gasteiger partial charge in [0, 0.05) is 32.9 Å². The lowest BCUT2D eigenvalue weighted by Crippen LogP contribution is -2.39. The van der Waals surface area contributed by atoms with Crippen molar-refractivity contribution in [1.82, 2.24) is 28.4 Å². The number of aromatic nitrogens is 4. The number of rotatable bonds is 5. The minimum absolute atomic E-state index is 0.201. The highest BCUT2D eigenvalue weighted by Gasteiger charge is 2.37. The second-order valence-corrected chi connectivity index (χ2v) is 8.74. The van der Waals surface area contributed by atoms with Crippen molar-refractivity contribution in [1.29, 1.82) is 0 Å². The molecule has 0 aromatic carbocycles. The van der Waals surface area contributed by atoms with E-state index in [1.807, 2.05) is 10.7 Å². The molecule has 0 bridgehead atoms. The molecule has 2 aromatic rings. The fourth-order valence-electron chi connectivity index (χ4n) is 3.12. The van der Waals surface area contributed by atoms with Gasteiger partial charge in [-0.3, -0.25) is 9.67 Å². The first kappa shape index (κ1) is 18.0. The largest absolute Gasteiger partial charge is 0.282 e. The lowest BCUT2D eigenvalue weighted by atomic mass is 10.1. The Labute approximate surface area is 148 Å². The third-order valence-electron chi connectivity index (χ3n) is 4.38. The lowest BCUT2D eigenvalue weighted by Gasteiger charge is -2.26. The quantitative estimate of drug-likeness (QED) is 0.808. The van der Waals surface area contributed by atoms with Gasteiger partial charge in [-0.2, -0.15) is 22.1 Å². The molecule has 1 fully saturated rings. The van der Waals surface area contributed by atoms with Crippen molar-refractivity contribution in [2.45, 2.75) is 38.8 Å². The second-order valence-electron chi connectivity index (χ2n) is 6.64. The van der Waals surface area contributed by atoms with Crippen LogP contribution in [0.1, 0.15) is 44.5 Å². The Hall–Kier alpha value is -1.84. The maximum absolute atomic E-state index is 12.6. The third-order valence-corrected chi connectivity index (χ3v) is 6.33. The van der Waals surface area contributed by atoms with Crippen LogP contribution in [-0.2, 0) is 10.2 Å². The molecular weight excluding hydrogens is 340 g/mol. The predicted octanol–water partition coefficient (Wildman–Crippen LogP) is 1.86. The first-order valence-electron chi connectivity index (χ1n) is 8.37. The van der Waals surface area contributed by atoms with Gasteiger partial charge in [0.15, 0.2) is 0 Å². The lowest BCUT2D eigenvalue weighted by molar-refractivity contribution is 0.357. The molecule has 136 valence electrons. The summed E-state index contributed by atoms with van der Waals surface area (Å²) in [7, 11) is -0.382. The van der Waals surface area contributed by atoms with Gasteiger partial charge in [-0.15, -0.1) is 0 Å². The van der Waals surface area contributed by atoms with Gasteiger partial charge < -0.3 is 0 Å². The van der Waals surface area contributed by atoms with Crippen LogP contribution in [-0.4, -0.2) is 57.4 Å². The Balaban J connectivity index is 1.98. The predicted molar refractivity (Wildman–Crippen MR) is 94.9 cm³/mol. The molecule has 1 saturated heterocycles. The summed E-state index contributed by atoms with van der Waals surface area (Å²) in [5.74, 6) is 0. The highest BCUT2D eigenvalue weighted by atomic mass is 32.2. The fraction of sp³-hybridized carbons (Fsp3) is 0.562. The van der Waals surface area contributed by atoms with E-state index in [1.54, 1.807) is 32.7 Å². The van der Waals surface area contributed by atoms with Gasteiger partial charge in [0.2, 0.25) is 0 Å². The maximum Gasteiger partial charge on any atom is 0.282 e. The van der Waals surface area contributed by atoms with Crippen molar-refractivity contribution >= 4 is 10.2 Å². The molecule has 8 nitrogen and oxygen atoms in total. The smallest absolute Gasteiger partial charge is 0.261 e. The van der Waals surface area contributed by atoms with Crippen LogP contribution < -0.4 is 0 Å². The van der Waals surface area contributed by atoms with Gasteiger partial charge in [-0.1, -0.05) is 0 Å². The fourth-order valence-corrected chi connectivity index (χ4v) is 4.43. The monoisotopic (exact) mass is 364 g/mol. The van der Waals surface area contributed by atoms with Crippen molar-refractivity contribution < 1.29 is 8.42 Å². The van der Waals surface area contributed by atoms with Crippen LogP contribution in [0.25, 0.3) is 11.4 Å². The standard InChI is InChI=1S/C16H24N6O2S/c1-12(2)22-16(7-8-18-22)14-11-17-10-13(19-14)15-6-5-9-21(15)25(23,24)20(3)4/h7-8,10-12,15H,5-6,9H2,1-4H3/t15-/m1/s1. The maximum atomic E-state index is 12.6. The molecule has 0 N–H and O–H groups in total. The highest BCUT2D eigenvalue weighted by Crippen LogP contribution is 2.34. The van der Waals surface area contributed by atoms with Crippen molar-refractivity contribution in [2.75, 3.05) is 20.6 Å². The molecule has 1 aliphatic heterocycles. The van der Waals surface area contributed by atoms with Crippen molar-refractivity contribution in [2.24, 2.45) is 0 Å². The Morgan fingerprint density at radius 2 is 2.04 bits per heavy atom. The van der Waals surface area contributed by atoms with Crippen LogP contribution in [0.4, 0.5) is 0 Å². The molecule has 0 saturated carbocycles. The summed E-state index contributed by atoms with van der Waals surface area (Å²) >= 11 is 0. The molecule has 0 spiro atoms. The first-order chi connectivity index (χ1) is 11.8. The topological polar surface area (TPSA) is 84.2 Å². The van der Waals surface area contributed by atoms with Crippen LogP contribution >= 0.6 is 0 Å². The average molecular weight is 364 g/mol. The summed E-state index contributed by atoms with van der Waals surface area (Å²) in [4.78, 5) is 9.02. The molecule has 0 radical (unpaired) electrons. The number of nitrogens with zero attached hydrogens (tertiary/aromatic N) is 6. The van der Waals surface area contributed by atoms with E-state index in [0.29, 0.717) is 17.9 Å². The molecule has 25 heavy (non-hydrogen) atoms. The Bertz CT molecular complexity index is 846. The molecule has 0 aliphatic carbocycles. The SMILES string of the molecule is CC(C)n1nccc1-c1cncc([C@H]2CCCN2S(=O)(=O)N(C)C)n1. The normalized spacial score (nSPS) is 19.2. The number of hydrogen-bond acceptors (Lipinski definition) is 5. The minimum Gasteiger partial charge on any atom is -0.261 e. The van der Waals surface area contributed by atoms with E-state index < -0.39 is 10.2 Å². The number of hydrogen-bond donors (Lipinski definition) is 0. The zero-order valence-electron chi connectivity index (χ0n) is 15.0. The van der Waals surface area contributed by atoms with Crippen molar-refractivity contribution in [3.8, 4) is 11.4 Å². The summed E-state index contributed by atoms with van der Waals surface area (Å²) < 4.78 is 29.8. The third kappa shape index (κ3) is 3.31. The zero-order valence-corrected chi connectivity index (χ0v) is 15.8. The van der Waals surface area contributed by atoms with Crippen LogP contribution in [0.5, 0.6) is 0 Å². The molecule has 1 aliphatic rings. The van der Waals surface area contributed by atoms with Crippen molar-refractivity contribution in [3.05, 3.63) is 30.4 Å². The van der Waals surface area contributed by atoms with Crippen LogP contribution in [0.2, 0.25) is 0 Å². The Morgan fingerprint density at radius 3 is 2.72 bits per heavy atom. The van der Waals surface area contributed by atoms with Crippen LogP contribution in [0.3, 0.4) is 0 Å². The molecule has 2 aromatic heterocycles. The molecule has 0 amide bonds. The molecule has 3 rings (SSSR count). The summed E-state index contributed by atoms with van der Waals surface area (Å²) in [5.41, 5.74) is 2.26. The van der Waals surface area contributed by atoms with E-state index in [2.05, 4.69) is 23.9 Å². The summed E-state index contributed by atoms with van der Waals surface area (Å²) in [6.07, 6.45) is 6.65. The minimum atomic E-state index is -3.48. The van der Waals surface area contributed by atoms with Gasteiger partial charge in [0.1, 0.15) is 5.69 Å². The van der Waals surface area contributed by atoms with Gasteiger partial charge in [-0.05, 0) is 32.8 Å². The average Bonchev–Trinajstić information content (AvgIpc) is 3.24. The van der Waals surface area contributed by atoms with Gasteiger partial charge in [0.05, 0.1) is 29.8 Å². The highest BCUT2D eigenvalue weighted by molar-refractivity contribution is 7.86. The second kappa shape index (κ2) is 6.81. The molecule has 3 heterocycles. The summed E-state index contributed by atoms with van der Waals surface area (Å²) in [6, 6.07) is 1.82. The van der Waals surface area contributed by atoms with Gasteiger partial charge in [-0.25, -0.2) is 4.98 Å². The molecule has 1 atom stereocenters. The van der Waals surface area contributed by atoms with Crippen molar-refractivity contribution in [3.63, 3.8) is 0 Å². The van der Waals surface area contributed by atoms with Crippen LogP contribution in [0, 0.1) is 0 Å². The summed E-state index contributed by atoms with van der Waals surface area (Å²) in [5, 5.41) is 4.33. The molecular formula is C16H24N6O2S. The van der Waals surface area contributed by atoms with E-state index in [0.717, 1.165) is 18.5 Å². The molecule has 0 unspecified atom stereocenters. The van der Waals surface area contributed by atoms with E-state index in [9.17, 15) is 8.42 Å². The van der Waals surface area contributed by atoms with E-state index >= 15 is 0 Å². The zero-order chi connectivity index (χ0) is 18.2. The van der Waals surface area contributed by atoms with E-state index in [-0.39, 0.29) is 12.1 Å². The van der Waals surface area contributed by atoms with E-state index in [1.165, 1.54) is 8.61 Å². The molecule has 9 heteroatoms. The Kier molecular flexibility index (Phi) is 4.90. The van der Waals surface area contributed by atoms with Crippen LogP contribution in [0.15, 0.2) is 24.7 Å². The van der Waals surface area contributed by atoms with E-state index in [4.69, 9.17) is 4.98 Å².